The molecule has 0 fully saturated rings. The van der Waals surface area contributed by atoms with Crippen LogP contribution >= 0.6 is 0 Å². The standard InChI is InChI=1S/C26H24N4O3S/c1-19-16-21-6-2-3-9-25(21)30(19)34(32,33)24-8-4-7-22(17-24)26(31)27-18-20-10-12-23(13-11-20)29-15-5-14-28-29/h2-15,17,19H,16,18H2,1H3,(H,27,31). The SMILES string of the molecule is CC1Cc2ccccc2N1S(=O)(=O)c1cccc(C(=O)NCc2ccc(-n3cccn3)cc2)c1. The van der Waals surface area contributed by atoms with Gasteiger partial charge >= 0.3 is 0 Å². The summed E-state index contributed by atoms with van der Waals surface area (Å²) < 4.78 is 30.2. The van der Waals surface area contributed by atoms with E-state index < -0.39 is 10.0 Å². The van der Waals surface area contributed by atoms with Gasteiger partial charge in [0.05, 0.1) is 16.3 Å². The van der Waals surface area contributed by atoms with Crippen LogP contribution in [0, 0.1) is 0 Å². The highest BCUT2D eigenvalue weighted by atomic mass is 32.2. The first kappa shape index (κ1) is 21.9. The van der Waals surface area contributed by atoms with Crippen LogP contribution in [0.5, 0.6) is 0 Å². The zero-order valence-corrected chi connectivity index (χ0v) is 19.4. The number of nitrogens with one attached hydrogen (secondary N) is 1. The van der Waals surface area contributed by atoms with Crippen molar-refractivity contribution in [1.82, 2.24) is 15.1 Å². The van der Waals surface area contributed by atoms with E-state index in [2.05, 4.69) is 10.4 Å². The molecule has 1 atom stereocenters. The average molecular weight is 473 g/mol. The summed E-state index contributed by atoms with van der Waals surface area (Å²) >= 11 is 0. The van der Waals surface area contributed by atoms with E-state index in [9.17, 15) is 13.2 Å². The van der Waals surface area contributed by atoms with Crippen molar-refractivity contribution >= 4 is 21.6 Å². The summed E-state index contributed by atoms with van der Waals surface area (Å²) in [5, 5.41) is 7.07. The van der Waals surface area contributed by atoms with Crippen LogP contribution in [0.25, 0.3) is 5.69 Å². The maximum Gasteiger partial charge on any atom is 0.264 e. The Morgan fingerprint density at radius 2 is 1.82 bits per heavy atom. The number of para-hydroxylation sites is 1. The first-order valence-electron chi connectivity index (χ1n) is 11.0. The molecule has 1 aliphatic heterocycles. The number of sulfonamides is 1. The van der Waals surface area contributed by atoms with E-state index in [4.69, 9.17) is 0 Å². The van der Waals surface area contributed by atoms with Gasteiger partial charge in [-0.3, -0.25) is 9.10 Å². The lowest BCUT2D eigenvalue weighted by molar-refractivity contribution is 0.0950. The van der Waals surface area contributed by atoms with Gasteiger partial charge in [0.1, 0.15) is 0 Å². The fraction of sp³-hybridized carbons (Fsp3) is 0.154. The number of amides is 1. The van der Waals surface area contributed by atoms with Crippen molar-refractivity contribution < 1.29 is 13.2 Å². The van der Waals surface area contributed by atoms with Crippen LogP contribution in [0.3, 0.4) is 0 Å². The number of benzene rings is 3. The molecule has 0 saturated carbocycles. The molecule has 0 spiro atoms. The Morgan fingerprint density at radius 1 is 1.03 bits per heavy atom. The molecule has 3 aromatic carbocycles. The molecule has 8 heteroatoms. The lowest BCUT2D eigenvalue weighted by atomic mass is 10.1. The van der Waals surface area contributed by atoms with Crippen LogP contribution in [0.2, 0.25) is 0 Å². The maximum absolute atomic E-state index is 13.5. The van der Waals surface area contributed by atoms with Gasteiger partial charge in [0, 0.05) is 30.5 Å². The van der Waals surface area contributed by atoms with Crippen LogP contribution in [0.4, 0.5) is 5.69 Å². The third kappa shape index (κ3) is 4.08. The average Bonchev–Trinajstić information content (AvgIpc) is 3.50. The fourth-order valence-corrected chi connectivity index (χ4v) is 6.03. The molecule has 7 nitrogen and oxygen atoms in total. The molecular formula is C26H24N4O3S. The van der Waals surface area contributed by atoms with Gasteiger partial charge < -0.3 is 5.32 Å². The van der Waals surface area contributed by atoms with E-state index in [1.807, 2.05) is 67.7 Å². The molecule has 5 rings (SSSR count). The second-order valence-corrected chi connectivity index (χ2v) is 10.1. The molecule has 1 unspecified atom stereocenters. The summed E-state index contributed by atoms with van der Waals surface area (Å²) in [4.78, 5) is 12.9. The van der Waals surface area contributed by atoms with Crippen LogP contribution in [-0.4, -0.2) is 30.1 Å². The Bertz CT molecular complexity index is 1430. The van der Waals surface area contributed by atoms with Crippen molar-refractivity contribution in [3.63, 3.8) is 0 Å². The summed E-state index contributed by atoms with van der Waals surface area (Å²) in [5.41, 5.74) is 3.86. The smallest absolute Gasteiger partial charge is 0.264 e. The van der Waals surface area contributed by atoms with E-state index in [1.54, 1.807) is 23.0 Å². The summed E-state index contributed by atoms with van der Waals surface area (Å²) in [6.45, 7) is 2.22. The maximum atomic E-state index is 13.5. The molecule has 2 heterocycles. The zero-order chi connectivity index (χ0) is 23.7. The van der Waals surface area contributed by atoms with Crippen molar-refractivity contribution in [2.75, 3.05) is 4.31 Å². The number of fused-ring (bicyclic) bond motifs is 1. The van der Waals surface area contributed by atoms with Gasteiger partial charge in [-0.05, 0) is 66.9 Å². The van der Waals surface area contributed by atoms with Crippen LogP contribution in [0.15, 0.2) is 96.2 Å². The molecule has 1 aliphatic rings. The zero-order valence-electron chi connectivity index (χ0n) is 18.6. The highest BCUT2D eigenvalue weighted by Gasteiger charge is 2.36. The van der Waals surface area contributed by atoms with E-state index in [-0.39, 0.29) is 16.8 Å². The van der Waals surface area contributed by atoms with Crippen LogP contribution in [-0.2, 0) is 23.0 Å². The minimum atomic E-state index is -3.81. The molecule has 0 saturated heterocycles. The quantitative estimate of drug-likeness (QED) is 0.461. The van der Waals surface area contributed by atoms with Gasteiger partial charge in [0.25, 0.3) is 15.9 Å². The largest absolute Gasteiger partial charge is 0.348 e. The van der Waals surface area contributed by atoms with Gasteiger partial charge in [-0.1, -0.05) is 36.4 Å². The molecule has 34 heavy (non-hydrogen) atoms. The summed E-state index contributed by atoms with van der Waals surface area (Å²) in [5.74, 6) is -0.330. The third-order valence-electron chi connectivity index (χ3n) is 5.96. The third-order valence-corrected chi connectivity index (χ3v) is 7.88. The first-order chi connectivity index (χ1) is 16.4. The number of anilines is 1. The van der Waals surface area contributed by atoms with E-state index in [1.165, 1.54) is 16.4 Å². The molecule has 0 aliphatic carbocycles. The molecule has 0 bridgehead atoms. The predicted molar refractivity (Wildman–Crippen MR) is 130 cm³/mol. The Morgan fingerprint density at radius 3 is 2.59 bits per heavy atom. The lowest BCUT2D eigenvalue weighted by Gasteiger charge is -2.24. The van der Waals surface area contributed by atoms with Crippen LogP contribution in [0.1, 0.15) is 28.4 Å². The highest BCUT2D eigenvalue weighted by Crippen LogP contribution is 2.36. The van der Waals surface area contributed by atoms with Gasteiger partial charge in [-0.2, -0.15) is 5.10 Å². The summed E-state index contributed by atoms with van der Waals surface area (Å²) in [6, 6.07) is 23.1. The number of hydrogen-bond donors (Lipinski definition) is 1. The van der Waals surface area contributed by atoms with Crippen molar-refractivity contribution in [3.8, 4) is 5.69 Å². The number of nitrogens with zero attached hydrogens (tertiary/aromatic N) is 3. The van der Waals surface area contributed by atoms with E-state index >= 15 is 0 Å². The second-order valence-electron chi connectivity index (χ2n) is 8.31. The van der Waals surface area contributed by atoms with Crippen molar-refractivity contribution in [2.24, 2.45) is 0 Å². The lowest BCUT2D eigenvalue weighted by Crippen LogP contribution is -2.35. The van der Waals surface area contributed by atoms with Gasteiger partial charge in [-0.25, -0.2) is 13.1 Å². The van der Waals surface area contributed by atoms with E-state index in [0.717, 1.165) is 16.8 Å². The van der Waals surface area contributed by atoms with Crippen molar-refractivity contribution in [3.05, 3.63) is 108 Å². The monoisotopic (exact) mass is 472 g/mol. The molecule has 4 aromatic rings. The van der Waals surface area contributed by atoms with Gasteiger partial charge in [0.15, 0.2) is 0 Å². The van der Waals surface area contributed by atoms with Crippen molar-refractivity contribution in [1.29, 1.82) is 0 Å². The topological polar surface area (TPSA) is 84.3 Å². The van der Waals surface area contributed by atoms with Gasteiger partial charge in [-0.15, -0.1) is 0 Å². The second kappa shape index (κ2) is 8.79. The summed E-state index contributed by atoms with van der Waals surface area (Å²) in [7, 11) is -3.81. The number of rotatable bonds is 6. The Hall–Kier alpha value is -3.91. The summed E-state index contributed by atoms with van der Waals surface area (Å²) in [6.07, 6.45) is 4.24. The minimum Gasteiger partial charge on any atom is -0.348 e. The predicted octanol–water partition coefficient (Wildman–Crippen LogP) is 3.94. The highest BCUT2D eigenvalue weighted by molar-refractivity contribution is 7.92. The number of aromatic nitrogens is 2. The molecule has 172 valence electrons. The molecule has 0 radical (unpaired) electrons. The molecule has 1 N–H and O–H groups in total. The number of carbonyl (C=O) groups is 1. The number of carbonyl (C=O) groups excluding carboxylic acids is 1. The Labute approximate surface area is 198 Å². The molecule has 1 aromatic heterocycles. The van der Waals surface area contributed by atoms with Crippen LogP contribution < -0.4 is 9.62 Å². The number of hydrogen-bond acceptors (Lipinski definition) is 4. The fourth-order valence-electron chi connectivity index (χ4n) is 4.29. The van der Waals surface area contributed by atoms with E-state index in [0.29, 0.717) is 24.2 Å². The normalized spacial score (nSPS) is 15.2. The first-order valence-corrected chi connectivity index (χ1v) is 12.5. The molecule has 1 amide bonds. The Balaban J connectivity index is 1.31. The Kier molecular flexibility index (Phi) is 5.67. The van der Waals surface area contributed by atoms with Gasteiger partial charge in [0.2, 0.25) is 0 Å². The van der Waals surface area contributed by atoms with Crippen molar-refractivity contribution in [2.45, 2.75) is 30.8 Å². The molecular weight excluding hydrogens is 448 g/mol. The minimum absolute atomic E-state index is 0.104.